The van der Waals surface area contributed by atoms with Crippen LogP contribution in [0.25, 0.3) is 11.7 Å². The van der Waals surface area contributed by atoms with Gasteiger partial charge in [0.25, 0.3) is 11.5 Å². The summed E-state index contributed by atoms with van der Waals surface area (Å²) in [4.78, 5) is 35.4. The number of hydrogen-bond acceptors (Lipinski definition) is 8. The third-order valence-electron chi connectivity index (χ3n) is 5.51. The van der Waals surface area contributed by atoms with E-state index in [1.807, 2.05) is 19.9 Å². The minimum Gasteiger partial charge on any atom is -0.467 e. The van der Waals surface area contributed by atoms with Gasteiger partial charge in [-0.15, -0.1) is 0 Å². The topological polar surface area (TPSA) is 80.3 Å². The Labute approximate surface area is 199 Å². The maximum Gasteiger partial charge on any atom is 0.267 e. The molecule has 2 aliphatic rings. The molecule has 2 aliphatic heterocycles. The van der Waals surface area contributed by atoms with Crippen LogP contribution in [-0.2, 0) is 16.1 Å². The zero-order valence-corrected chi connectivity index (χ0v) is 19.8. The summed E-state index contributed by atoms with van der Waals surface area (Å²) in [6.45, 7) is 5.43. The van der Waals surface area contributed by atoms with E-state index in [2.05, 4.69) is 4.90 Å². The molecule has 8 nitrogen and oxygen atoms in total. The molecule has 0 N–H and O–H groups in total. The molecule has 3 aromatic rings. The van der Waals surface area contributed by atoms with Crippen molar-refractivity contribution in [2.45, 2.75) is 32.6 Å². The SMILES string of the molecule is CC1CN(c2nc3ccccn3c(=O)c2/C=C2\SC(=S)N(Cc3ccco3)C2=O)CC(C)O1. The molecule has 10 heteroatoms. The number of aromatic nitrogens is 2. The van der Waals surface area contributed by atoms with Gasteiger partial charge in [-0.2, -0.15) is 0 Å². The van der Waals surface area contributed by atoms with E-state index in [-0.39, 0.29) is 30.2 Å². The van der Waals surface area contributed by atoms with Crippen LogP contribution in [0.4, 0.5) is 5.82 Å². The maximum absolute atomic E-state index is 13.5. The monoisotopic (exact) mass is 482 g/mol. The smallest absolute Gasteiger partial charge is 0.267 e. The second-order valence-electron chi connectivity index (χ2n) is 8.09. The van der Waals surface area contributed by atoms with Crippen molar-refractivity contribution in [1.29, 1.82) is 0 Å². The first-order valence-electron chi connectivity index (χ1n) is 10.6. The Hall–Kier alpha value is -2.95. The number of pyridine rings is 1. The molecule has 2 saturated heterocycles. The van der Waals surface area contributed by atoms with Gasteiger partial charge < -0.3 is 14.1 Å². The number of furan rings is 1. The molecule has 5 rings (SSSR count). The third kappa shape index (κ3) is 4.21. The Morgan fingerprint density at radius 1 is 1.18 bits per heavy atom. The lowest BCUT2D eigenvalue weighted by molar-refractivity contribution is -0.122. The van der Waals surface area contributed by atoms with Crippen LogP contribution in [0.5, 0.6) is 0 Å². The van der Waals surface area contributed by atoms with Gasteiger partial charge in [0.15, 0.2) is 0 Å². The van der Waals surface area contributed by atoms with Gasteiger partial charge in [0.1, 0.15) is 21.5 Å². The molecule has 0 spiro atoms. The molecule has 0 radical (unpaired) electrons. The van der Waals surface area contributed by atoms with E-state index in [9.17, 15) is 9.59 Å². The second kappa shape index (κ2) is 8.77. The summed E-state index contributed by atoms with van der Waals surface area (Å²) in [5.41, 5.74) is 0.670. The Morgan fingerprint density at radius 3 is 2.70 bits per heavy atom. The molecule has 33 heavy (non-hydrogen) atoms. The van der Waals surface area contributed by atoms with Crippen molar-refractivity contribution in [3.05, 3.63) is 69.4 Å². The molecule has 0 aliphatic carbocycles. The minimum absolute atomic E-state index is 0.0101. The molecule has 1 amide bonds. The highest BCUT2D eigenvalue weighted by atomic mass is 32.2. The van der Waals surface area contributed by atoms with Crippen molar-refractivity contribution in [1.82, 2.24) is 14.3 Å². The first-order valence-corrected chi connectivity index (χ1v) is 11.8. The van der Waals surface area contributed by atoms with Crippen LogP contribution >= 0.6 is 24.0 Å². The van der Waals surface area contributed by atoms with E-state index in [0.29, 0.717) is 45.1 Å². The van der Waals surface area contributed by atoms with E-state index in [0.717, 1.165) is 0 Å². The van der Waals surface area contributed by atoms with Crippen LogP contribution in [0.15, 0.2) is 56.9 Å². The largest absolute Gasteiger partial charge is 0.467 e. The predicted octanol–water partition coefficient (Wildman–Crippen LogP) is 3.30. The summed E-state index contributed by atoms with van der Waals surface area (Å²) in [5.74, 6) is 0.926. The normalized spacial score (nSPS) is 22.7. The van der Waals surface area contributed by atoms with Crippen LogP contribution in [-0.4, -0.2) is 49.8 Å². The number of thioether (sulfide) groups is 1. The number of rotatable bonds is 4. The first-order chi connectivity index (χ1) is 15.9. The lowest BCUT2D eigenvalue weighted by Gasteiger charge is -2.36. The highest BCUT2D eigenvalue weighted by Crippen LogP contribution is 2.34. The number of anilines is 1. The summed E-state index contributed by atoms with van der Waals surface area (Å²) < 4.78 is 13.1. The lowest BCUT2D eigenvalue weighted by Crippen LogP contribution is -2.46. The van der Waals surface area contributed by atoms with E-state index in [1.54, 1.807) is 42.8 Å². The second-order valence-corrected chi connectivity index (χ2v) is 9.77. The molecule has 3 aromatic heterocycles. The van der Waals surface area contributed by atoms with Crippen molar-refractivity contribution in [3.8, 4) is 0 Å². The van der Waals surface area contributed by atoms with Gasteiger partial charge in [0.05, 0.1) is 35.5 Å². The average Bonchev–Trinajstić information content (AvgIpc) is 3.39. The number of carbonyl (C=O) groups excluding carboxylic acids is 1. The number of amides is 1. The zero-order valence-electron chi connectivity index (χ0n) is 18.1. The van der Waals surface area contributed by atoms with Crippen molar-refractivity contribution >= 4 is 51.7 Å². The highest BCUT2D eigenvalue weighted by Gasteiger charge is 2.34. The number of nitrogens with zero attached hydrogens (tertiary/aromatic N) is 4. The fraction of sp³-hybridized carbons (Fsp3) is 0.304. The molecule has 0 aromatic carbocycles. The first kappa shape index (κ1) is 21.9. The van der Waals surface area contributed by atoms with Crippen molar-refractivity contribution < 1.29 is 13.9 Å². The summed E-state index contributed by atoms with van der Waals surface area (Å²) in [5, 5.41) is 0. The molecule has 2 fully saturated rings. The predicted molar refractivity (Wildman–Crippen MR) is 131 cm³/mol. The number of ether oxygens (including phenoxy) is 1. The molecule has 0 saturated carbocycles. The zero-order chi connectivity index (χ0) is 23.1. The van der Waals surface area contributed by atoms with Gasteiger partial charge in [-0.05, 0) is 44.2 Å². The quantitative estimate of drug-likeness (QED) is 0.414. The van der Waals surface area contributed by atoms with E-state index in [1.165, 1.54) is 21.1 Å². The van der Waals surface area contributed by atoms with Crippen LogP contribution in [0.3, 0.4) is 0 Å². The molecule has 0 bridgehead atoms. The molecule has 2 unspecified atom stereocenters. The molecule has 2 atom stereocenters. The summed E-state index contributed by atoms with van der Waals surface area (Å²) in [6, 6.07) is 8.98. The molecule has 170 valence electrons. The summed E-state index contributed by atoms with van der Waals surface area (Å²) in [7, 11) is 0. The molecular formula is C23H22N4O4S2. The Balaban J connectivity index is 1.59. The van der Waals surface area contributed by atoms with Gasteiger partial charge in [-0.1, -0.05) is 30.0 Å². The molecule has 5 heterocycles. The molecular weight excluding hydrogens is 460 g/mol. The Morgan fingerprint density at radius 2 is 1.97 bits per heavy atom. The summed E-state index contributed by atoms with van der Waals surface area (Å²) >= 11 is 6.62. The number of carbonyl (C=O) groups is 1. The van der Waals surface area contributed by atoms with Crippen molar-refractivity contribution in [3.63, 3.8) is 0 Å². The van der Waals surface area contributed by atoms with Crippen molar-refractivity contribution in [2.24, 2.45) is 0 Å². The number of fused-ring (bicyclic) bond motifs is 1. The van der Waals surface area contributed by atoms with Gasteiger partial charge in [0.2, 0.25) is 0 Å². The maximum atomic E-state index is 13.5. The number of morpholine rings is 1. The summed E-state index contributed by atoms with van der Waals surface area (Å²) in [6.07, 6.45) is 4.84. The van der Waals surface area contributed by atoms with Gasteiger partial charge in [-0.25, -0.2) is 4.98 Å². The minimum atomic E-state index is -0.256. The number of thiocarbonyl (C=S) groups is 1. The van der Waals surface area contributed by atoms with E-state index < -0.39 is 0 Å². The fourth-order valence-corrected chi connectivity index (χ4v) is 5.37. The Bertz CT molecular complexity index is 1310. The fourth-order valence-electron chi connectivity index (χ4n) is 4.14. The highest BCUT2D eigenvalue weighted by molar-refractivity contribution is 8.26. The van der Waals surface area contributed by atoms with Gasteiger partial charge in [0, 0.05) is 19.3 Å². The van der Waals surface area contributed by atoms with E-state index >= 15 is 0 Å². The van der Waals surface area contributed by atoms with E-state index in [4.69, 9.17) is 26.4 Å². The van der Waals surface area contributed by atoms with Gasteiger partial charge in [-0.3, -0.25) is 18.9 Å². The van der Waals surface area contributed by atoms with Crippen LogP contribution in [0.1, 0.15) is 25.2 Å². The average molecular weight is 483 g/mol. The Kier molecular flexibility index (Phi) is 5.81. The van der Waals surface area contributed by atoms with Crippen LogP contribution < -0.4 is 10.5 Å². The van der Waals surface area contributed by atoms with Crippen LogP contribution in [0, 0.1) is 0 Å². The lowest BCUT2D eigenvalue weighted by atomic mass is 10.2. The third-order valence-corrected chi connectivity index (χ3v) is 6.89. The number of hydrogen-bond donors (Lipinski definition) is 0. The van der Waals surface area contributed by atoms with Gasteiger partial charge >= 0.3 is 0 Å². The van der Waals surface area contributed by atoms with Crippen LogP contribution in [0.2, 0.25) is 0 Å². The van der Waals surface area contributed by atoms with Crippen molar-refractivity contribution in [2.75, 3.05) is 18.0 Å². The standard InChI is InChI=1S/C23H22N4O4S2/c1-14-11-25(12-15(2)31-14)20-17(21(28)26-8-4-3-7-19(26)24-20)10-18-22(29)27(23(32)33-18)13-16-6-5-9-30-16/h3-10,14-15H,11-13H2,1-2H3/b18-10-.